The lowest BCUT2D eigenvalue weighted by Gasteiger charge is -2.69. The third kappa shape index (κ3) is 16.0. The van der Waals surface area contributed by atoms with Crippen molar-refractivity contribution >= 4 is 91.4 Å². The van der Waals surface area contributed by atoms with Crippen molar-refractivity contribution in [2.75, 3.05) is 74.6 Å². The van der Waals surface area contributed by atoms with Crippen LogP contribution in [0.25, 0.3) is 21.3 Å². The maximum atomic E-state index is 14.1. The number of aromatic nitrogens is 6. The number of primary amides is 1. The van der Waals surface area contributed by atoms with Crippen LogP contribution >= 0.6 is 11.3 Å². The monoisotopic (exact) mass is 1370 g/mol. The number of carbonyl (C=O) groups is 7. The number of amides is 7. The Labute approximate surface area is 581 Å². The van der Waals surface area contributed by atoms with Gasteiger partial charge in [-0.25, -0.2) is 14.8 Å². The number of quaternary nitrogens is 1. The minimum absolute atomic E-state index is 0.00799. The number of rotatable bonds is 29. The lowest BCUT2D eigenvalue weighted by molar-refractivity contribution is -0.940. The lowest BCUT2D eigenvalue weighted by Crippen LogP contribution is -2.64. The van der Waals surface area contributed by atoms with Crippen LogP contribution in [-0.4, -0.2) is 158 Å². The Bertz CT molecular complexity index is 4000. The smallest absolute Gasteiger partial charge is 0.312 e. The van der Waals surface area contributed by atoms with Crippen molar-refractivity contribution in [1.82, 2.24) is 50.8 Å². The number of nitrogens with two attached hydrogens (primary N) is 1. The van der Waals surface area contributed by atoms with Crippen molar-refractivity contribution < 1.29 is 52.6 Å². The predicted molar refractivity (Wildman–Crippen MR) is 373 cm³/mol. The van der Waals surface area contributed by atoms with Gasteiger partial charge in [0.2, 0.25) is 17.7 Å². The summed E-state index contributed by atoms with van der Waals surface area (Å²) in [5, 5.41) is 42.8. The van der Waals surface area contributed by atoms with Gasteiger partial charge >= 0.3 is 6.03 Å². The second kappa shape index (κ2) is 29.2. The molecule has 5 fully saturated rings. The number of para-hydroxylation sites is 1. The SMILES string of the molecule is Cc1c(Nc2nc3ccccc3s2)nnc2c1CCCN2c1ccc(-c2cnn(CC34CC5(C)CC(C)(C3)CC(OCC[N+]3(Cc6ccc(NC(=O)[C@H](CCCNC(N)=O)NC(=O)[C@@H](NC(=O)CCOCCN7C(=O)C=CC7=O)C(C)C)cc6)CCCCCC3)(C5)C4)c2C)c(C(=O)[O-])n1. The first-order valence-electron chi connectivity index (χ1n) is 35.1. The zero-order valence-corrected chi connectivity index (χ0v) is 58.5. The van der Waals surface area contributed by atoms with Crippen molar-refractivity contribution in [3.63, 3.8) is 0 Å². The van der Waals surface area contributed by atoms with E-state index in [9.17, 15) is 38.7 Å². The summed E-state index contributed by atoms with van der Waals surface area (Å²) in [5.41, 5.74) is 11.5. The highest BCUT2D eigenvalue weighted by atomic mass is 32.1. The van der Waals surface area contributed by atoms with Gasteiger partial charge in [-0.15, -0.1) is 10.2 Å². The van der Waals surface area contributed by atoms with Crippen molar-refractivity contribution in [2.24, 2.45) is 27.9 Å². The molecular formula is C73H93N15O10S. The quantitative estimate of drug-likeness (QED) is 0.0146. The number of benzene rings is 2. The molecule has 7 N–H and O–H groups in total. The van der Waals surface area contributed by atoms with E-state index in [0.29, 0.717) is 60.4 Å². The number of pyridine rings is 1. The highest BCUT2D eigenvalue weighted by Crippen LogP contribution is 2.72. The minimum atomic E-state index is -1.37. The Kier molecular flexibility index (Phi) is 20.7. The molecule has 6 aromatic rings. The number of carboxylic acid groups (broad SMARTS) is 1. The Balaban J connectivity index is 0.683. The summed E-state index contributed by atoms with van der Waals surface area (Å²) in [7, 11) is 0. The molecule has 7 aliphatic rings. The molecular weight excluding hydrogens is 1280 g/mol. The Morgan fingerprint density at radius 3 is 2.25 bits per heavy atom. The maximum Gasteiger partial charge on any atom is 0.312 e. The van der Waals surface area contributed by atoms with E-state index in [2.05, 4.69) is 62.3 Å². The summed E-state index contributed by atoms with van der Waals surface area (Å²) >= 11 is 1.55. The molecule has 0 radical (unpaired) electrons. The van der Waals surface area contributed by atoms with Gasteiger partial charge in [-0.2, -0.15) is 5.10 Å². The number of aromatic carboxylic acids is 1. The predicted octanol–water partition coefficient (Wildman–Crippen LogP) is 8.22. The number of likely N-dealkylation sites (tertiary alicyclic amines) is 1. The zero-order chi connectivity index (χ0) is 69.9. The first-order chi connectivity index (χ1) is 47.4. The van der Waals surface area contributed by atoms with E-state index in [1.54, 1.807) is 31.4 Å². The molecule has 2 unspecified atom stereocenters. The van der Waals surface area contributed by atoms with E-state index in [1.165, 1.54) is 25.0 Å². The van der Waals surface area contributed by atoms with E-state index in [1.807, 2.05) is 67.3 Å². The number of imide groups is 1. The van der Waals surface area contributed by atoms with Crippen LogP contribution < -0.4 is 42.3 Å². The fraction of sp³-hybridized carbons (Fsp3) is 0.534. The molecule has 0 spiro atoms. The molecule has 2 aromatic carbocycles. The van der Waals surface area contributed by atoms with Crippen LogP contribution in [0.1, 0.15) is 150 Å². The lowest BCUT2D eigenvalue weighted by atomic mass is 9.39. The first-order valence-corrected chi connectivity index (χ1v) is 35.9. The van der Waals surface area contributed by atoms with Gasteiger partial charge < -0.3 is 61.1 Å². The molecule has 7 amide bonds. The van der Waals surface area contributed by atoms with Gasteiger partial charge in [0.15, 0.2) is 16.8 Å². The Morgan fingerprint density at radius 1 is 0.808 bits per heavy atom. The number of hydrogen-bond acceptors (Lipinski definition) is 18. The van der Waals surface area contributed by atoms with E-state index >= 15 is 0 Å². The van der Waals surface area contributed by atoms with E-state index in [-0.39, 0.29) is 72.6 Å². The molecule has 4 aromatic heterocycles. The third-order valence-corrected chi connectivity index (χ3v) is 22.2. The van der Waals surface area contributed by atoms with Crippen molar-refractivity contribution in [3.05, 3.63) is 107 Å². The van der Waals surface area contributed by atoms with Gasteiger partial charge in [-0.3, -0.25) is 33.6 Å². The molecule has 4 saturated carbocycles. The summed E-state index contributed by atoms with van der Waals surface area (Å²) < 4.78 is 17.0. The fourth-order valence-electron chi connectivity index (χ4n) is 17.7. The minimum Gasteiger partial charge on any atom is -0.543 e. The summed E-state index contributed by atoms with van der Waals surface area (Å²) in [6.45, 7) is 18.4. The van der Waals surface area contributed by atoms with Gasteiger partial charge in [0.25, 0.3) is 11.8 Å². The van der Waals surface area contributed by atoms with Crippen LogP contribution in [0.4, 0.5) is 33.1 Å². The molecule has 1 saturated heterocycles. The van der Waals surface area contributed by atoms with Crippen LogP contribution in [0.15, 0.2) is 79.0 Å². The average Bonchev–Trinajstić information content (AvgIpc) is 0.760. The third-order valence-electron chi connectivity index (χ3n) is 21.2. The average molecular weight is 1370 g/mol. The number of fused-ring (bicyclic) bond motifs is 2. The second-order valence-electron chi connectivity index (χ2n) is 29.8. The van der Waals surface area contributed by atoms with Crippen molar-refractivity contribution in [2.45, 2.75) is 169 Å². The molecule has 4 aliphatic carbocycles. The number of carbonyl (C=O) groups excluding carboxylic acids is 7. The summed E-state index contributed by atoms with van der Waals surface area (Å²) in [5.74, 6) is -2.29. The molecule has 4 atom stereocenters. The van der Waals surface area contributed by atoms with Gasteiger partial charge in [0.1, 0.15) is 31.0 Å². The van der Waals surface area contributed by atoms with Crippen LogP contribution in [0.2, 0.25) is 0 Å². The highest BCUT2D eigenvalue weighted by Gasteiger charge is 2.66. The molecule has 25 nitrogen and oxygen atoms in total. The molecule has 526 valence electrons. The topological polar surface area (TPSA) is 323 Å². The maximum absolute atomic E-state index is 14.1. The van der Waals surface area contributed by atoms with Gasteiger partial charge in [-0.1, -0.05) is 63.3 Å². The number of nitrogens with zero attached hydrogens (tertiary/aromatic N) is 9. The normalized spacial score (nSPS) is 22.9. The van der Waals surface area contributed by atoms with Crippen LogP contribution in [-0.2, 0) is 53.0 Å². The first kappa shape index (κ1) is 70.2. The van der Waals surface area contributed by atoms with Crippen LogP contribution in [0, 0.1) is 36.0 Å². The molecule has 13 rings (SSSR count). The molecule has 26 heteroatoms. The number of urea groups is 1. The fourth-order valence-corrected chi connectivity index (χ4v) is 18.6. The Morgan fingerprint density at radius 2 is 1.55 bits per heavy atom. The summed E-state index contributed by atoms with van der Waals surface area (Å²) in [6.07, 6.45) is 17.0. The van der Waals surface area contributed by atoms with E-state index in [0.717, 1.165) is 138 Å². The standard InChI is InChI=1S/C73H93N15O10S/c1-46(2)61(81-58(89)27-34-97-35-30-86-59(90)25-26-60(86)91)66(93)78-55(17-13-28-75-68(74)96)65(92)77-50-21-19-49(20-22-50)38-88(31-11-7-8-12-32-88)33-36-98-73-42-70(5)39-71(6,43-73)41-72(40-70,44-73)45-87-48(4)53(37-76-87)52-23-24-57(80-62(52)67(94)95)85-29-14-15-51-47(3)63(83-84-64(51)85)82-69-79-54-16-9-10-18-56(54)99-69/h9-10,16,18-26,37,46,55,61H,7-8,11-15,17,27-36,38-45H2,1-6H3,(H7-,74,75,77,78,79,81,82,83,89,92,93,94,95,96)/t55-,61-,70?,71?,72?,73?/m0/s1. The van der Waals surface area contributed by atoms with E-state index < -0.39 is 53.6 Å². The van der Waals surface area contributed by atoms with Gasteiger partial charge in [0.05, 0.1) is 73.1 Å². The molecule has 99 heavy (non-hydrogen) atoms. The molecule has 3 aliphatic heterocycles. The largest absolute Gasteiger partial charge is 0.543 e. The summed E-state index contributed by atoms with van der Waals surface area (Å²) in [6, 6.07) is 16.9. The van der Waals surface area contributed by atoms with Crippen LogP contribution in [0.5, 0.6) is 0 Å². The number of thiazole rings is 1. The van der Waals surface area contributed by atoms with Gasteiger partial charge in [0, 0.05) is 77.4 Å². The number of anilines is 5. The summed E-state index contributed by atoms with van der Waals surface area (Å²) in [4.78, 5) is 102. The van der Waals surface area contributed by atoms with Crippen molar-refractivity contribution in [3.8, 4) is 11.1 Å². The number of nitrogens with one attached hydrogen (secondary N) is 5. The zero-order valence-electron chi connectivity index (χ0n) is 57.7. The second-order valence-corrected chi connectivity index (χ2v) is 30.8. The van der Waals surface area contributed by atoms with Crippen molar-refractivity contribution in [1.29, 1.82) is 0 Å². The Hall–Kier alpha value is -8.72. The van der Waals surface area contributed by atoms with E-state index in [4.69, 9.17) is 35.4 Å². The van der Waals surface area contributed by atoms with Crippen LogP contribution in [0.3, 0.4) is 0 Å². The molecule has 4 bridgehead atoms. The van der Waals surface area contributed by atoms with Gasteiger partial charge in [-0.05, 0) is 162 Å². The molecule has 7 heterocycles. The number of ether oxygens (including phenoxy) is 2. The number of carboxylic acids is 1. The number of hydrogen-bond donors (Lipinski definition) is 6. The highest BCUT2D eigenvalue weighted by molar-refractivity contribution is 7.22.